The van der Waals surface area contributed by atoms with E-state index in [9.17, 15) is 4.79 Å². The zero-order chi connectivity index (χ0) is 11.8. The van der Waals surface area contributed by atoms with Gasteiger partial charge in [0, 0.05) is 5.56 Å². The number of hydrogen-bond acceptors (Lipinski definition) is 2. The number of hydrogen-bond donors (Lipinski definition) is 1. The Balaban J connectivity index is 2.37. The zero-order valence-corrected chi connectivity index (χ0v) is 10.5. The second-order valence-corrected chi connectivity index (χ2v) is 5.08. The molecule has 1 aromatic rings. The Kier molecular flexibility index (Phi) is 3.24. The van der Waals surface area contributed by atoms with E-state index in [0.29, 0.717) is 15.6 Å². The van der Waals surface area contributed by atoms with Crippen LogP contribution in [0.1, 0.15) is 30.1 Å². The summed E-state index contributed by atoms with van der Waals surface area (Å²) in [5.41, 5.74) is 0.0139. The van der Waals surface area contributed by atoms with Crippen LogP contribution in [0.5, 0.6) is 0 Å². The lowest BCUT2D eigenvalue weighted by Gasteiger charge is -2.23. The van der Waals surface area contributed by atoms with Crippen LogP contribution < -0.4 is 5.32 Å². The Bertz CT molecular complexity index is 425. The first-order chi connectivity index (χ1) is 7.54. The van der Waals surface area contributed by atoms with Crippen molar-refractivity contribution in [3.63, 3.8) is 0 Å². The van der Waals surface area contributed by atoms with Gasteiger partial charge in [0.2, 0.25) is 0 Å². The molecule has 1 heterocycles. The third kappa shape index (κ3) is 1.97. The molecule has 1 N–H and O–H groups in total. The van der Waals surface area contributed by atoms with Gasteiger partial charge < -0.3 is 5.32 Å². The summed E-state index contributed by atoms with van der Waals surface area (Å²) in [4.78, 5) is 12.3. The van der Waals surface area contributed by atoms with Crippen molar-refractivity contribution in [2.45, 2.75) is 25.3 Å². The lowest BCUT2D eigenvalue weighted by molar-refractivity contribution is 0.0884. The minimum absolute atomic E-state index is 0.0255. The highest BCUT2D eigenvalue weighted by Crippen LogP contribution is 2.31. The summed E-state index contributed by atoms with van der Waals surface area (Å²) < 4.78 is 0. The van der Waals surface area contributed by atoms with Crippen molar-refractivity contribution in [3.05, 3.63) is 33.8 Å². The van der Waals surface area contributed by atoms with Gasteiger partial charge in [-0.15, -0.1) is 0 Å². The van der Waals surface area contributed by atoms with Crippen molar-refractivity contribution >= 4 is 29.0 Å². The van der Waals surface area contributed by atoms with E-state index >= 15 is 0 Å². The first kappa shape index (κ1) is 11.9. The Labute approximate surface area is 105 Å². The molecule has 0 spiro atoms. The van der Waals surface area contributed by atoms with Gasteiger partial charge in [-0.1, -0.05) is 29.3 Å². The van der Waals surface area contributed by atoms with Gasteiger partial charge in [-0.2, -0.15) is 0 Å². The molecule has 1 fully saturated rings. The fourth-order valence-corrected chi connectivity index (χ4v) is 2.45. The van der Waals surface area contributed by atoms with Crippen molar-refractivity contribution in [1.82, 2.24) is 5.32 Å². The van der Waals surface area contributed by atoms with Crippen LogP contribution in [0.4, 0.5) is 0 Å². The van der Waals surface area contributed by atoms with Crippen LogP contribution in [0.3, 0.4) is 0 Å². The second kappa shape index (κ2) is 4.36. The van der Waals surface area contributed by atoms with Gasteiger partial charge in [0.25, 0.3) is 0 Å². The smallest absolute Gasteiger partial charge is 0.184 e. The molecule has 1 saturated heterocycles. The Morgan fingerprint density at radius 1 is 1.44 bits per heavy atom. The van der Waals surface area contributed by atoms with Crippen LogP contribution in [-0.4, -0.2) is 17.9 Å². The molecular formula is C12H13Cl2NO. The highest BCUT2D eigenvalue weighted by atomic mass is 35.5. The number of rotatable bonds is 2. The molecule has 2 rings (SSSR count). The molecular weight excluding hydrogens is 245 g/mol. The summed E-state index contributed by atoms with van der Waals surface area (Å²) in [6.45, 7) is 2.79. The molecule has 1 aromatic carbocycles. The maximum Gasteiger partial charge on any atom is 0.184 e. The summed E-state index contributed by atoms with van der Waals surface area (Å²) in [7, 11) is 0. The molecule has 1 unspecified atom stereocenters. The minimum atomic E-state index is -0.492. The number of nitrogens with one attached hydrogen (secondary N) is 1. The third-order valence-corrected chi connectivity index (χ3v) is 3.88. The van der Waals surface area contributed by atoms with Crippen molar-refractivity contribution in [2.75, 3.05) is 6.54 Å². The quantitative estimate of drug-likeness (QED) is 0.824. The Hall–Kier alpha value is -0.570. The molecule has 0 saturated carbocycles. The van der Waals surface area contributed by atoms with Crippen LogP contribution in [0.25, 0.3) is 0 Å². The average Bonchev–Trinajstić information content (AvgIpc) is 2.70. The third-order valence-electron chi connectivity index (χ3n) is 3.07. The molecule has 1 atom stereocenters. The molecule has 2 nitrogen and oxygen atoms in total. The monoisotopic (exact) mass is 257 g/mol. The highest BCUT2D eigenvalue weighted by Gasteiger charge is 2.37. The van der Waals surface area contributed by atoms with Crippen LogP contribution in [0.2, 0.25) is 10.0 Å². The molecule has 0 bridgehead atoms. The Morgan fingerprint density at radius 3 is 2.81 bits per heavy atom. The van der Waals surface area contributed by atoms with Gasteiger partial charge in [0.15, 0.2) is 5.78 Å². The van der Waals surface area contributed by atoms with E-state index < -0.39 is 5.54 Å². The summed E-state index contributed by atoms with van der Waals surface area (Å²) in [6.07, 6.45) is 1.86. The highest BCUT2D eigenvalue weighted by molar-refractivity contribution is 6.44. The number of carbonyl (C=O) groups is 1. The maximum atomic E-state index is 12.3. The number of carbonyl (C=O) groups excluding carboxylic acids is 1. The topological polar surface area (TPSA) is 29.1 Å². The van der Waals surface area contributed by atoms with Crippen LogP contribution in [0.15, 0.2) is 18.2 Å². The zero-order valence-electron chi connectivity index (χ0n) is 9.02. The molecule has 1 aliphatic rings. The summed E-state index contributed by atoms with van der Waals surface area (Å²) in [5, 5.41) is 4.00. The fourth-order valence-electron chi connectivity index (χ4n) is 2.06. The van der Waals surface area contributed by atoms with Gasteiger partial charge in [0.1, 0.15) is 0 Å². The molecule has 0 aliphatic carbocycles. The largest absolute Gasteiger partial charge is 0.305 e. The van der Waals surface area contributed by atoms with Gasteiger partial charge >= 0.3 is 0 Å². The van der Waals surface area contributed by atoms with E-state index in [0.717, 1.165) is 19.4 Å². The maximum absolute atomic E-state index is 12.3. The van der Waals surface area contributed by atoms with E-state index in [1.165, 1.54) is 0 Å². The van der Waals surface area contributed by atoms with Gasteiger partial charge in [-0.25, -0.2) is 0 Å². The SMILES string of the molecule is CC1(C(=O)c2cccc(Cl)c2Cl)CCCN1. The summed E-state index contributed by atoms with van der Waals surface area (Å²) >= 11 is 12.0. The van der Waals surface area contributed by atoms with Crippen molar-refractivity contribution in [1.29, 1.82) is 0 Å². The first-order valence-electron chi connectivity index (χ1n) is 5.28. The Morgan fingerprint density at radius 2 is 2.19 bits per heavy atom. The standard InChI is InChI=1S/C12H13Cl2NO/c1-12(6-3-7-15-12)11(16)8-4-2-5-9(13)10(8)14/h2,4-5,15H,3,6-7H2,1H3. The van der Waals surface area contributed by atoms with E-state index in [1.807, 2.05) is 6.92 Å². The lowest BCUT2D eigenvalue weighted by Crippen LogP contribution is -2.44. The molecule has 86 valence electrons. The fraction of sp³-hybridized carbons (Fsp3) is 0.417. The van der Waals surface area contributed by atoms with Gasteiger partial charge in [-0.3, -0.25) is 4.79 Å². The number of Topliss-reactive ketones (excluding diaryl/α,β-unsaturated/α-hetero) is 1. The number of ketones is 1. The van der Waals surface area contributed by atoms with E-state index in [2.05, 4.69) is 5.32 Å². The van der Waals surface area contributed by atoms with Crippen LogP contribution >= 0.6 is 23.2 Å². The van der Waals surface area contributed by atoms with Crippen molar-refractivity contribution in [2.24, 2.45) is 0 Å². The molecule has 16 heavy (non-hydrogen) atoms. The average molecular weight is 258 g/mol. The molecule has 0 amide bonds. The molecule has 4 heteroatoms. The minimum Gasteiger partial charge on any atom is -0.305 e. The lowest BCUT2D eigenvalue weighted by atomic mass is 9.90. The molecule has 1 aliphatic heterocycles. The summed E-state index contributed by atoms with van der Waals surface area (Å²) in [6, 6.07) is 5.16. The summed E-state index contributed by atoms with van der Waals surface area (Å²) in [5.74, 6) is 0.0255. The molecule has 0 aromatic heterocycles. The second-order valence-electron chi connectivity index (χ2n) is 4.29. The first-order valence-corrected chi connectivity index (χ1v) is 6.04. The van der Waals surface area contributed by atoms with Crippen LogP contribution in [-0.2, 0) is 0 Å². The van der Waals surface area contributed by atoms with E-state index in [-0.39, 0.29) is 5.78 Å². The van der Waals surface area contributed by atoms with E-state index in [1.54, 1.807) is 18.2 Å². The number of halogens is 2. The number of benzene rings is 1. The van der Waals surface area contributed by atoms with E-state index in [4.69, 9.17) is 23.2 Å². The van der Waals surface area contributed by atoms with Crippen molar-refractivity contribution in [3.8, 4) is 0 Å². The normalized spacial score (nSPS) is 24.7. The predicted octanol–water partition coefficient (Wildman–Crippen LogP) is 3.32. The molecule has 0 radical (unpaired) electrons. The van der Waals surface area contributed by atoms with Gasteiger partial charge in [0.05, 0.1) is 15.6 Å². The van der Waals surface area contributed by atoms with Crippen LogP contribution in [0, 0.1) is 0 Å². The van der Waals surface area contributed by atoms with Crippen molar-refractivity contribution < 1.29 is 4.79 Å². The van der Waals surface area contributed by atoms with Gasteiger partial charge in [-0.05, 0) is 38.4 Å². The predicted molar refractivity (Wildman–Crippen MR) is 66.4 cm³/mol.